The number of ether oxygens (including phenoxy) is 1. The maximum absolute atomic E-state index is 15.0. The van der Waals surface area contributed by atoms with E-state index in [4.69, 9.17) is 0 Å². The zero-order valence-corrected chi connectivity index (χ0v) is 21.6. The number of alkyl halides is 5. The normalized spacial score (nSPS) is 12.0. The van der Waals surface area contributed by atoms with Crippen LogP contribution in [0.2, 0.25) is 0 Å². The third-order valence-electron chi connectivity index (χ3n) is 6.06. The minimum absolute atomic E-state index is 0.109. The minimum atomic E-state index is -5.53. The van der Waals surface area contributed by atoms with Crippen molar-refractivity contribution in [2.45, 2.75) is 25.6 Å². The first-order chi connectivity index (χ1) is 19.9. The summed E-state index contributed by atoms with van der Waals surface area (Å²) in [5, 5.41) is 0. The Kier molecular flexibility index (Phi) is 8.31. The summed E-state index contributed by atoms with van der Waals surface area (Å²) >= 11 is 0. The second-order valence-electron chi connectivity index (χ2n) is 9.46. The van der Waals surface area contributed by atoms with Crippen LogP contribution in [-0.2, 0) is 18.7 Å². The Balaban J connectivity index is 1.69. The van der Waals surface area contributed by atoms with Crippen molar-refractivity contribution in [3.05, 3.63) is 124 Å². The van der Waals surface area contributed by atoms with Gasteiger partial charge in [-0.25, -0.2) is 30.7 Å². The Morgan fingerprint density at radius 2 is 1.12 bits per heavy atom. The lowest BCUT2D eigenvalue weighted by Gasteiger charge is -2.21. The van der Waals surface area contributed by atoms with Crippen molar-refractivity contribution >= 4 is 0 Å². The summed E-state index contributed by atoms with van der Waals surface area (Å²) in [4.78, 5) is 0. The molecule has 0 bridgehead atoms. The third kappa shape index (κ3) is 6.50. The maximum atomic E-state index is 15.0. The van der Waals surface area contributed by atoms with Crippen molar-refractivity contribution in [1.82, 2.24) is 0 Å². The van der Waals surface area contributed by atoms with Gasteiger partial charge in [0.2, 0.25) is 0 Å². The van der Waals surface area contributed by atoms with Gasteiger partial charge in [-0.3, -0.25) is 0 Å². The number of hydrogen-bond donors (Lipinski definition) is 0. The molecule has 0 saturated carbocycles. The molecule has 0 spiro atoms. The molecule has 4 rings (SSSR count). The van der Waals surface area contributed by atoms with Gasteiger partial charge in [-0.15, -0.1) is 0 Å². The van der Waals surface area contributed by atoms with E-state index in [-0.39, 0.29) is 35.4 Å². The van der Waals surface area contributed by atoms with E-state index in [9.17, 15) is 52.7 Å². The van der Waals surface area contributed by atoms with Crippen molar-refractivity contribution in [3.8, 4) is 28.0 Å². The monoisotopic (exact) mass is 620 g/mol. The summed E-state index contributed by atoms with van der Waals surface area (Å²) in [7, 11) is 0. The van der Waals surface area contributed by atoms with Gasteiger partial charge in [0.05, 0.1) is 5.56 Å². The van der Waals surface area contributed by atoms with E-state index in [1.54, 1.807) is 6.92 Å². The van der Waals surface area contributed by atoms with Gasteiger partial charge in [-0.05, 0) is 60.4 Å². The van der Waals surface area contributed by atoms with Crippen molar-refractivity contribution in [2.75, 3.05) is 0 Å². The molecular weight excluding hydrogens is 604 g/mol. The quantitative estimate of drug-likeness (QED) is 0.148. The number of benzene rings is 4. The lowest BCUT2D eigenvalue weighted by atomic mass is 9.96. The second kappa shape index (κ2) is 11.3. The van der Waals surface area contributed by atoms with Crippen molar-refractivity contribution in [2.24, 2.45) is 0 Å². The molecule has 0 atom stereocenters. The fourth-order valence-electron chi connectivity index (χ4n) is 4.33. The highest BCUT2D eigenvalue weighted by Crippen LogP contribution is 2.41. The van der Waals surface area contributed by atoms with Crippen LogP contribution in [0.3, 0.4) is 0 Å². The van der Waals surface area contributed by atoms with Crippen LogP contribution in [-0.4, -0.2) is 0 Å². The van der Waals surface area contributed by atoms with E-state index >= 15 is 0 Å². The molecule has 0 aromatic heterocycles. The molecule has 0 N–H and O–H groups in total. The van der Waals surface area contributed by atoms with Crippen LogP contribution < -0.4 is 4.74 Å². The summed E-state index contributed by atoms with van der Waals surface area (Å²) in [5.41, 5.74) is -5.79. The summed E-state index contributed by atoms with van der Waals surface area (Å²) in [6.45, 7) is 5.42. The van der Waals surface area contributed by atoms with E-state index in [0.717, 1.165) is 11.6 Å². The number of rotatable bonds is 7. The lowest BCUT2D eigenvalue weighted by Crippen LogP contribution is -2.25. The Morgan fingerprint density at radius 3 is 1.58 bits per heavy atom. The highest BCUT2D eigenvalue weighted by atomic mass is 19.4. The Labute approximate surface area is 235 Å². The average molecular weight is 620 g/mol. The Bertz CT molecular complexity index is 1670. The number of hydrogen-bond acceptors (Lipinski definition) is 1. The molecule has 226 valence electrons. The topological polar surface area (TPSA) is 9.23 Å². The molecule has 0 aliphatic rings. The van der Waals surface area contributed by atoms with Crippen LogP contribution in [0.25, 0.3) is 22.3 Å². The summed E-state index contributed by atoms with van der Waals surface area (Å²) in [6, 6.07) is 4.87. The van der Waals surface area contributed by atoms with Crippen LogP contribution in [0.15, 0.2) is 66.7 Å². The smallest absolute Gasteiger partial charge is 0.429 e. The molecular formula is C30H16F12O. The molecule has 0 radical (unpaired) electrons. The van der Waals surface area contributed by atoms with Crippen LogP contribution in [0.5, 0.6) is 5.75 Å². The van der Waals surface area contributed by atoms with Gasteiger partial charge in [0.25, 0.3) is 0 Å². The van der Waals surface area contributed by atoms with Crippen molar-refractivity contribution < 1.29 is 57.4 Å². The fourth-order valence-corrected chi connectivity index (χ4v) is 4.33. The van der Waals surface area contributed by atoms with Crippen LogP contribution >= 0.6 is 0 Å². The average Bonchev–Trinajstić information content (AvgIpc) is 2.80. The molecule has 13 heteroatoms. The van der Waals surface area contributed by atoms with E-state index in [2.05, 4.69) is 11.3 Å². The zero-order valence-electron chi connectivity index (χ0n) is 21.6. The molecule has 0 saturated heterocycles. The molecule has 43 heavy (non-hydrogen) atoms. The third-order valence-corrected chi connectivity index (χ3v) is 6.06. The van der Waals surface area contributed by atoms with Crippen molar-refractivity contribution in [1.29, 1.82) is 0 Å². The molecule has 0 heterocycles. The molecule has 4 aromatic rings. The van der Waals surface area contributed by atoms with Gasteiger partial charge >= 0.3 is 12.3 Å². The van der Waals surface area contributed by atoms with Gasteiger partial charge in [-0.2, -0.15) is 22.0 Å². The first-order valence-electron chi connectivity index (χ1n) is 11.9. The molecule has 1 nitrogen and oxygen atoms in total. The van der Waals surface area contributed by atoms with Crippen LogP contribution in [0.1, 0.15) is 23.6 Å². The van der Waals surface area contributed by atoms with Crippen molar-refractivity contribution in [3.63, 3.8) is 0 Å². The van der Waals surface area contributed by atoms with E-state index in [1.807, 2.05) is 0 Å². The first kappa shape index (κ1) is 31.5. The lowest BCUT2D eigenvalue weighted by molar-refractivity contribution is -0.189. The fraction of sp³-hybridized carbons (Fsp3) is 0.133. The summed E-state index contributed by atoms with van der Waals surface area (Å²) in [5.74, 6) is -14.2. The van der Waals surface area contributed by atoms with Gasteiger partial charge in [0.1, 0.15) is 57.6 Å². The molecule has 4 aromatic carbocycles. The standard InChI is InChI=1S/C30H16F12O/c1-13(2)5-14-3-4-18(19(31)6-14)15-7-20(32)26(21(33)8-15)16-9-22(34)28(23(35)10-16)30(41,42)43-17-11-24(36)27(25(37)12-17)29(38,39)40/h3-4,6-12H,1,5H2,2H3. The molecule has 0 unspecified atom stereocenters. The molecule has 0 aliphatic carbocycles. The van der Waals surface area contributed by atoms with Gasteiger partial charge in [-0.1, -0.05) is 24.3 Å². The Morgan fingerprint density at radius 1 is 0.628 bits per heavy atom. The predicted molar refractivity (Wildman–Crippen MR) is 132 cm³/mol. The van der Waals surface area contributed by atoms with Gasteiger partial charge in [0.15, 0.2) is 0 Å². The molecule has 0 aliphatic heterocycles. The summed E-state index contributed by atoms with van der Waals surface area (Å²) in [6.07, 6.45) is -10.3. The SMILES string of the molecule is C=C(C)Cc1ccc(-c2cc(F)c(-c3cc(F)c(C(F)(F)Oc4cc(F)c(C(F)(F)F)c(F)c4)c(F)c3)c(F)c2)c(F)c1. The maximum Gasteiger partial charge on any atom is 0.432 e. The van der Waals surface area contributed by atoms with Gasteiger partial charge < -0.3 is 4.74 Å². The van der Waals surface area contributed by atoms with E-state index in [0.29, 0.717) is 24.1 Å². The highest BCUT2D eigenvalue weighted by Gasteiger charge is 2.43. The number of allylic oxidation sites excluding steroid dienone is 1. The van der Waals surface area contributed by atoms with Gasteiger partial charge in [0, 0.05) is 17.7 Å². The predicted octanol–water partition coefficient (Wildman–Crippen LogP) is 10.3. The zero-order chi connectivity index (χ0) is 32.0. The first-order valence-corrected chi connectivity index (χ1v) is 11.9. The molecule has 0 fully saturated rings. The van der Waals surface area contributed by atoms with E-state index < -0.39 is 81.0 Å². The van der Waals surface area contributed by atoms with E-state index in [1.165, 1.54) is 12.1 Å². The molecule has 0 amide bonds. The summed E-state index contributed by atoms with van der Waals surface area (Å²) < 4.78 is 173. The Hall–Kier alpha value is -4.42. The number of halogens is 12. The largest absolute Gasteiger partial charge is 0.432 e. The highest BCUT2D eigenvalue weighted by molar-refractivity contribution is 5.72. The minimum Gasteiger partial charge on any atom is -0.429 e. The second-order valence-corrected chi connectivity index (χ2v) is 9.46. The van der Waals surface area contributed by atoms with Crippen LogP contribution in [0, 0.1) is 40.7 Å². The van der Waals surface area contributed by atoms with Crippen LogP contribution in [0.4, 0.5) is 52.7 Å².